The lowest BCUT2D eigenvalue weighted by atomic mass is 10.4. The van der Waals surface area contributed by atoms with E-state index in [2.05, 4.69) is 0 Å². The van der Waals surface area contributed by atoms with Gasteiger partial charge < -0.3 is 0 Å². The van der Waals surface area contributed by atoms with Crippen molar-refractivity contribution in [2.24, 2.45) is 0 Å². The molecule has 4 unspecified atom stereocenters. The van der Waals surface area contributed by atoms with E-state index in [9.17, 15) is 17.6 Å². The number of hydrogen-bond donors (Lipinski definition) is 0. The molecule has 0 bridgehead atoms. The number of alkyl halides is 4. The fourth-order valence-electron chi connectivity index (χ4n) is 0.588. The highest BCUT2D eigenvalue weighted by Crippen LogP contribution is 2.29. The molecule has 4 atom stereocenters. The van der Waals surface area contributed by atoms with Gasteiger partial charge in [0.2, 0.25) is 0 Å². The van der Waals surface area contributed by atoms with Crippen LogP contribution in [0.25, 0.3) is 0 Å². The zero-order chi connectivity index (χ0) is 11.8. The van der Waals surface area contributed by atoms with Crippen molar-refractivity contribution < 1.29 is 17.6 Å². The summed E-state index contributed by atoms with van der Waals surface area (Å²) >= 11 is 9.89. The minimum absolute atomic E-state index is 0.107. The Balaban J connectivity index is 4.10. The maximum absolute atomic E-state index is 12.8. The molecule has 0 aromatic carbocycles. The van der Waals surface area contributed by atoms with Gasteiger partial charge >= 0.3 is 0 Å². The smallest absolute Gasteiger partial charge is 0.183 e. The number of allylic oxidation sites excluding steroid dienone is 2. The fraction of sp³-hybridized carbons (Fsp3) is 0.500. The highest BCUT2D eigenvalue weighted by atomic mass is 35.5. The molecule has 0 aliphatic rings. The first-order valence-electron chi connectivity index (χ1n) is 3.78. The van der Waals surface area contributed by atoms with Crippen molar-refractivity contribution in [3.63, 3.8) is 0 Å². The third-order valence-corrected chi connectivity index (χ3v) is 2.60. The van der Waals surface area contributed by atoms with Gasteiger partial charge in [-0.3, -0.25) is 0 Å². The van der Waals surface area contributed by atoms with Crippen molar-refractivity contribution in [3.05, 3.63) is 23.2 Å². The van der Waals surface area contributed by atoms with Crippen molar-refractivity contribution >= 4 is 35.0 Å². The predicted molar refractivity (Wildman–Crippen MR) is 57.2 cm³/mol. The fourth-order valence-corrected chi connectivity index (χ4v) is 1.60. The van der Waals surface area contributed by atoms with Crippen LogP contribution in [0.1, 0.15) is 0 Å². The van der Waals surface area contributed by atoms with Crippen molar-refractivity contribution in [1.82, 2.24) is 0 Å². The zero-order valence-corrected chi connectivity index (χ0v) is 9.62. The molecule has 88 valence electrons. The molecule has 0 nitrogen and oxygen atoms in total. The van der Waals surface area contributed by atoms with E-state index in [1.807, 2.05) is 0 Å². The van der Waals surface area contributed by atoms with Gasteiger partial charge in [0, 0.05) is 11.1 Å². The quantitative estimate of drug-likeness (QED) is 0.647. The van der Waals surface area contributed by atoms with Crippen LogP contribution in [0.3, 0.4) is 0 Å². The molecule has 0 rings (SSSR count). The minimum atomic E-state index is -2.21. The Morgan fingerprint density at radius 1 is 0.800 bits per heavy atom. The lowest BCUT2D eigenvalue weighted by Gasteiger charge is -2.14. The number of rotatable bonds is 6. The summed E-state index contributed by atoms with van der Waals surface area (Å²) in [4.78, 5) is 0. The van der Waals surface area contributed by atoms with Crippen LogP contribution in [-0.2, 0) is 0 Å². The molecular weight excluding hydrogens is 275 g/mol. The average molecular weight is 283 g/mol. The number of hydrogen-bond acceptors (Lipinski definition) is 1. The van der Waals surface area contributed by atoms with E-state index < -0.39 is 23.4 Å². The molecule has 0 radical (unpaired) electrons. The minimum Gasteiger partial charge on any atom is -0.239 e. The molecule has 0 amide bonds. The monoisotopic (exact) mass is 282 g/mol. The van der Waals surface area contributed by atoms with Crippen LogP contribution in [0, 0.1) is 0 Å². The van der Waals surface area contributed by atoms with Gasteiger partial charge in [-0.2, -0.15) is 0 Å². The first-order valence-corrected chi connectivity index (χ1v) is 5.60. The summed E-state index contributed by atoms with van der Waals surface area (Å²) in [6.07, 6.45) is -2.73. The second-order valence-corrected chi connectivity index (χ2v) is 4.04. The van der Waals surface area contributed by atoms with E-state index >= 15 is 0 Å². The topological polar surface area (TPSA) is 0 Å². The summed E-state index contributed by atoms with van der Waals surface area (Å²) in [5.41, 5.74) is -2.87. The van der Waals surface area contributed by atoms with Crippen LogP contribution in [0.4, 0.5) is 17.6 Å². The maximum Gasteiger partial charge on any atom is 0.183 e. The normalized spacial score (nSPS) is 20.7. The third kappa shape index (κ3) is 6.33. The average Bonchev–Trinajstić information content (AvgIpc) is 2.18. The predicted octanol–water partition coefficient (Wildman–Crippen LogP) is 4.49. The number of halogens is 6. The van der Waals surface area contributed by atoms with E-state index in [1.165, 1.54) is 0 Å². The first-order chi connectivity index (χ1) is 7.02. The Bertz CT molecular complexity index is 203. The van der Waals surface area contributed by atoms with Crippen LogP contribution in [-0.4, -0.2) is 23.4 Å². The lowest BCUT2D eigenvalue weighted by molar-refractivity contribution is 0.258. The summed E-state index contributed by atoms with van der Waals surface area (Å²) in [5.74, 6) is 0. The maximum atomic E-state index is 12.8. The molecule has 0 heterocycles. The molecule has 0 aliphatic heterocycles. The SMILES string of the molecule is FC(C=CCl)C(F)SC(F)C(F)C=CCl. The lowest BCUT2D eigenvalue weighted by Crippen LogP contribution is -2.19. The highest BCUT2D eigenvalue weighted by molar-refractivity contribution is 8.00. The van der Waals surface area contributed by atoms with Crippen LogP contribution >= 0.6 is 35.0 Å². The standard InChI is InChI=1S/C8H8Cl2F4S/c9-3-1-5(11)7(13)15-8(14)6(12)2-4-10/h1-8H. The first kappa shape index (κ1) is 15.1. The highest BCUT2D eigenvalue weighted by Gasteiger charge is 2.27. The Hall–Kier alpha value is 0.130. The molecule has 0 N–H and O–H groups in total. The summed E-state index contributed by atoms with van der Waals surface area (Å²) in [5, 5.41) is 0. The van der Waals surface area contributed by atoms with Gasteiger partial charge in [0.15, 0.2) is 23.4 Å². The second-order valence-electron chi connectivity index (χ2n) is 2.36. The van der Waals surface area contributed by atoms with Crippen molar-refractivity contribution in [3.8, 4) is 0 Å². The Morgan fingerprint density at radius 2 is 1.13 bits per heavy atom. The zero-order valence-electron chi connectivity index (χ0n) is 7.29. The van der Waals surface area contributed by atoms with E-state index in [0.29, 0.717) is 12.2 Å². The van der Waals surface area contributed by atoms with Crippen LogP contribution < -0.4 is 0 Å². The van der Waals surface area contributed by atoms with Crippen molar-refractivity contribution in [1.29, 1.82) is 0 Å². The molecular formula is C8H8Cl2F4S. The van der Waals surface area contributed by atoms with Crippen molar-refractivity contribution in [2.75, 3.05) is 0 Å². The second kappa shape index (κ2) is 8.30. The summed E-state index contributed by atoms with van der Waals surface area (Å²) in [6, 6.07) is 0. The van der Waals surface area contributed by atoms with Crippen LogP contribution in [0.5, 0.6) is 0 Å². The van der Waals surface area contributed by atoms with Gasteiger partial charge in [0.05, 0.1) is 0 Å². The Kier molecular flexibility index (Phi) is 8.37. The Labute approximate surface area is 99.3 Å². The van der Waals surface area contributed by atoms with Gasteiger partial charge in [0.25, 0.3) is 0 Å². The van der Waals surface area contributed by atoms with E-state index in [0.717, 1.165) is 11.1 Å². The molecule has 0 aromatic heterocycles. The molecule has 0 saturated carbocycles. The van der Waals surface area contributed by atoms with Gasteiger partial charge in [-0.05, 0) is 12.2 Å². The molecule has 15 heavy (non-hydrogen) atoms. The van der Waals surface area contributed by atoms with E-state index in [-0.39, 0.29) is 11.8 Å². The molecule has 0 spiro atoms. The third-order valence-electron chi connectivity index (χ3n) is 1.27. The molecule has 0 aromatic rings. The van der Waals surface area contributed by atoms with Crippen molar-refractivity contribution in [2.45, 2.75) is 23.4 Å². The number of thioether (sulfide) groups is 1. The van der Waals surface area contributed by atoms with E-state index in [1.54, 1.807) is 0 Å². The van der Waals surface area contributed by atoms with E-state index in [4.69, 9.17) is 23.2 Å². The summed E-state index contributed by atoms with van der Waals surface area (Å²) < 4.78 is 51.1. The van der Waals surface area contributed by atoms with Gasteiger partial charge in [-0.1, -0.05) is 35.0 Å². The molecule has 0 fully saturated rings. The Morgan fingerprint density at radius 3 is 1.40 bits per heavy atom. The summed E-state index contributed by atoms with van der Waals surface area (Å²) in [6.45, 7) is 0. The molecule has 7 heteroatoms. The van der Waals surface area contributed by atoms with Gasteiger partial charge in [-0.25, -0.2) is 17.6 Å². The summed E-state index contributed by atoms with van der Waals surface area (Å²) in [7, 11) is 0. The van der Waals surface area contributed by atoms with Crippen LogP contribution in [0.2, 0.25) is 0 Å². The molecule has 0 aliphatic carbocycles. The van der Waals surface area contributed by atoms with Gasteiger partial charge in [-0.15, -0.1) is 0 Å². The van der Waals surface area contributed by atoms with Crippen LogP contribution in [0.15, 0.2) is 23.2 Å². The largest absolute Gasteiger partial charge is 0.239 e. The van der Waals surface area contributed by atoms with Gasteiger partial charge in [0.1, 0.15) is 0 Å². The molecule has 0 saturated heterocycles.